The maximum atomic E-state index is 14.1. The van der Waals surface area contributed by atoms with E-state index >= 15 is 0 Å². The number of carbonyl (C=O) groups excluding carboxylic acids is 1. The Morgan fingerprint density at radius 2 is 1.67 bits per heavy atom. The van der Waals surface area contributed by atoms with E-state index in [1.165, 1.54) is 45.1 Å². The molecule has 3 aromatic heterocycles. The van der Waals surface area contributed by atoms with E-state index in [1.807, 2.05) is 12.1 Å². The lowest BCUT2D eigenvalue weighted by molar-refractivity contribution is -0.384. The predicted molar refractivity (Wildman–Crippen MR) is 271 cm³/mol. The van der Waals surface area contributed by atoms with Crippen LogP contribution in [0.5, 0.6) is 11.5 Å². The number of pyridine rings is 2. The lowest BCUT2D eigenvalue weighted by Crippen LogP contribution is -2.54. The van der Waals surface area contributed by atoms with Gasteiger partial charge in [-0.2, -0.15) is 0 Å². The van der Waals surface area contributed by atoms with Crippen LogP contribution in [0.3, 0.4) is 0 Å². The summed E-state index contributed by atoms with van der Waals surface area (Å²) in [5, 5.41) is 16.2. The minimum atomic E-state index is -4.64. The fraction of sp³-hybridized carbons (Fsp3) is 0.519. The fourth-order valence-corrected chi connectivity index (χ4v) is 15.6. The Kier molecular flexibility index (Phi) is 12.8. The number of aromatic nitrogens is 3. The number of fused-ring (bicyclic) bond motifs is 1. The van der Waals surface area contributed by atoms with Crippen LogP contribution in [0, 0.1) is 21.4 Å². The van der Waals surface area contributed by atoms with Crippen molar-refractivity contribution in [3.63, 3.8) is 0 Å². The third kappa shape index (κ3) is 9.87. The molecular weight excluding hydrogens is 927 g/mol. The number of nitro groups is 1. The monoisotopic (exact) mass is 989 g/mol. The third-order valence-corrected chi connectivity index (χ3v) is 20.0. The number of H-pyrrole nitrogens is 1. The number of ether oxygens (including phenoxy) is 1. The fourth-order valence-electron chi connectivity index (χ4n) is 12.1. The van der Waals surface area contributed by atoms with Gasteiger partial charge in [-0.05, 0) is 149 Å². The number of sulfonamides is 1. The number of rotatable bonds is 14. The van der Waals surface area contributed by atoms with E-state index in [-0.39, 0.29) is 29.1 Å². The maximum absolute atomic E-state index is 14.1. The molecule has 3 aliphatic carbocycles. The topological polar surface area (TPSA) is 205 Å². The molecule has 16 nitrogen and oxygen atoms in total. The van der Waals surface area contributed by atoms with E-state index in [4.69, 9.17) is 9.10 Å². The lowest BCUT2D eigenvalue weighted by Gasteiger charge is -2.56. The maximum Gasteiger partial charge on any atom is 0.312 e. The standard InChI is InChI=1S/C52H63N9O7S2/c62-51(58-70(66,67)42-29-47(61(63)64)50(56-34-42)54-32-35-10-14-38(15-11-35)57-69(65)25-4-1-5-26-69)45-17-16-39(28-48(45)68-41-27-37-18-21-53-49(37)55-33-41)59-23-19-52(20-24-59)30-40(31-52)60-22-6-9-46(60)44-8-3-2-7-43(44)36-12-13-36/h2-3,7-8,16-18,21,27-29,33-36,38,40,46H,1,4-6,9-15,19-20,22-26,30-32H2,(H,53,55)(H,54,56)(H,58,62)/t35?,38?,46-/m0/s1. The van der Waals surface area contributed by atoms with Gasteiger partial charge in [0, 0.05) is 82.4 Å². The van der Waals surface area contributed by atoms with Crippen molar-refractivity contribution in [3.05, 3.63) is 106 Å². The molecule has 11 rings (SSSR count). The molecule has 1 atom stereocenters. The first-order chi connectivity index (χ1) is 33.9. The molecule has 18 heteroatoms. The molecule has 5 aromatic rings. The summed E-state index contributed by atoms with van der Waals surface area (Å²) in [5.74, 6) is 1.79. The molecule has 0 bridgehead atoms. The molecule has 0 unspecified atom stereocenters. The quantitative estimate of drug-likeness (QED) is 0.0703. The number of nitrogens with one attached hydrogen (secondary N) is 3. The van der Waals surface area contributed by atoms with Gasteiger partial charge >= 0.3 is 5.69 Å². The molecule has 3 saturated heterocycles. The number of amides is 1. The van der Waals surface area contributed by atoms with Gasteiger partial charge in [0.25, 0.3) is 15.9 Å². The molecule has 1 amide bonds. The second-order valence-electron chi connectivity index (χ2n) is 20.9. The van der Waals surface area contributed by atoms with Crippen molar-refractivity contribution in [2.75, 3.05) is 47.9 Å². The van der Waals surface area contributed by atoms with Gasteiger partial charge in [-0.25, -0.2) is 31.7 Å². The third-order valence-electron chi connectivity index (χ3n) is 16.2. The van der Waals surface area contributed by atoms with Crippen molar-refractivity contribution in [2.45, 2.75) is 125 Å². The zero-order valence-corrected chi connectivity index (χ0v) is 41.2. The van der Waals surface area contributed by atoms with Crippen LogP contribution in [0.25, 0.3) is 11.0 Å². The molecular formula is C52H63N9O7S2. The van der Waals surface area contributed by atoms with Crippen LogP contribution in [0.1, 0.15) is 130 Å². The van der Waals surface area contributed by atoms with E-state index in [2.05, 4.69) is 59.1 Å². The molecule has 3 N–H and O–H groups in total. The second kappa shape index (κ2) is 19.2. The second-order valence-corrected chi connectivity index (χ2v) is 25.1. The number of aromatic amines is 1. The number of likely N-dealkylation sites (tertiary alicyclic amines) is 1. The molecule has 1 spiro atoms. The number of hydrogen-bond donors (Lipinski definition) is 3. The summed E-state index contributed by atoms with van der Waals surface area (Å²) in [4.78, 5) is 42.0. The van der Waals surface area contributed by atoms with E-state index in [0.717, 1.165) is 100 Å². The van der Waals surface area contributed by atoms with Crippen molar-refractivity contribution in [1.29, 1.82) is 0 Å². The minimum Gasteiger partial charge on any atom is -0.455 e. The van der Waals surface area contributed by atoms with Gasteiger partial charge in [0.15, 0.2) is 0 Å². The van der Waals surface area contributed by atoms with Gasteiger partial charge in [-0.3, -0.25) is 19.8 Å². The van der Waals surface area contributed by atoms with Crippen LogP contribution in [0.2, 0.25) is 0 Å². The average molecular weight is 990 g/mol. The van der Waals surface area contributed by atoms with Crippen molar-refractivity contribution in [3.8, 4) is 11.5 Å². The zero-order chi connectivity index (χ0) is 48.0. The Balaban J connectivity index is 0.755. The van der Waals surface area contributed by atoms with Crippen molar-refractivity contribution < 1.29 is 27.1 Å². The van der Waals surface area contributed by atoms with E-state index in [9.17, 15) is 27.5 Å². The number of hydrogen-bond acceptors (Lipinski definition) is 13. The molecule has 0 radical (unpaired) electrons. The van der Waals surface area contributed by atoms with Crippen LogP contribution < -0.4 is 19.7 Å². The number of piperidine rings is 1. The average Bonchev–Trinajstić information content (AvgIpc) is 3.90. The summed E-state index contributed by atoms with van der Waals surface area (Å²) in [5.41, 5.74) is 4.40. The Morgan fingerprint density at radius 3 is 2.43 bits per heavy atom. The number of anilines is 2. The minimum absolute atomic E-state index is 0.0333. The van der Waals surface area contributed by atoms with Crippen LogP contribution in [-0.4, -0.2) is 93.1 Å². The smallest absolute Gasteiger partial charge is 0.312 e. The van der Waals surface area contributed by atoms with Gasteiger partial charge in [0.2, 0.25) is 5.82 Å². The molecule has 2 aromatic carbocycles. The molecule has 6 aliphatic rings. The van der Waals surface area contributed by atoms with Crippen LogP contribution >= 0.6 is 0 Å². The first-order valence-corrected chi connectivity index (χ1v) is 28.8. The summed E-state index contributed by atoms with van der Waals surface area (Å²) >= 11 is 0. The Labute approximate surface area is 410 Å². The lowest BCUT2D eigenvalue weighted by atomic mass is 9.59. The van der Waals surface area contributed by atoms with Crippen molar-refractivity contribution >= 4 is 53.9 Å². The van der Waals surface area contributed by atoms with Crippen LogP contribution in [-0.2, 0) is 19.8 Å². The Bertz CT molecular complexity index is 3000. The summed E-state index contributed by atoms with van der Waals surface area (Å²) < 4.78 is 54.1. The summed E-state index contributed by atoms with van der Waals surface area (Å²) in [6.45, 7) is 3.25. The van der Waals surface area contributed by atoms with Gasteiger partial charge in [0.05, 0.1) is 28.9 Å². The Morgan fingerprint density at radius 1 is 0.900 bits per heavy atom. The highest BCUT2D eigenvalue weighted by atomic mass is 32.2. The van der Waals surface area contributed by atoms with Crippen molar-refractivity contribution in [2.24, 2.45) is 15.7 Å². The van der Waals surface area contributed by atoms with Gasteiger partial charge in [-0.15, -0.1) is 0 Å². The van der Waals surface area contributed by atoms with Gasteiger partial charge in [0.1, 0.15) is 22.0 Å². The summed E-state index contributed by atoms with van der Waals surface area (Å²) in [6.07, 6.45) is 20.3. The van der Waals surface area contributed by atoms with Crippen LogP contribution in [0.15, 0.2) is 88.5 Å². The Hall–Kier alpha value is -5.59. The van der Waals surface area contributed by atoms with Gasteiger partial charge < -0.3 is 19.9 Å². The summed E-state index contributed by atoms with van der Waals surface area (Å²) in [6, 6.07) is 20.1. The zero-order valence-electron chi connectivity index (χ0n) is 39.6. The predicted octanol–water partition coefficient (Wildman–Crippen LogP) is 9.86. The molecule has 3 saturated carbocycles. The number of benzene rings is 2. The van der Waals surface area contributed by atoms with Crippen molar-refractivity contribution in [1.82, 2.24) is 24.6 Å². The SMILES string of the molecule is O=C(NS(=O)(=O)c1cnc(NCC2CCC(N=S3(=O)CCCCC3)CC2)c([N+](=O)[O-])c1)c1ccc(N2CCC3(CC2)CC(N2CCC[C@H]2c2ccccc2C2CC2)C3)cc1Oc1cnc2[nH]ccc2c1. The number of carbonyl (C=O) groups is 1. The normalized spacial score (nSPS) is 23.7. The molecule has 370 valence electrons. The van der Waals surface area contributed by atoms with Gasteiger partial charge in [-0.1, -0.05) is 30.7 Å². The highest BCUT2D eigenvalue weighted by Crippen LogP contribution is 2.55. The first-order valence-electron chi connectivity index (χ1n) is 25.4. The van der Waals surface area contributed by atoms with E-state index in [0.29, 0.717) is 46.9 Å². The summed E-state index contributed by atoms with van der Waals surface area (Å²) in [7, 11) is -6.76. The molecule has 6 heterocycles. The van der Waals surface area contributed by atoms with E-state index in [1.54, 1.807) is 41.7 Å². The van der Waals surface area contributed by atoms with Crippen LogP contribution in [0.4, 0.5) is 17.2 Å². The highest BCUT2D eigenvalue weighted by molar-refractivity contribution is 7.93. The first kappa shape index (κ1) is 46.8. The molecule has 70 heavy (non-hydrogen) atoms. The molecule has 6 fully saturated rings. The van der Waals surface area contributed by atoms with E-state index < -0.39 is 41.2 Å². The largest absolute Gasteiger partial charge is 0.455 e. The molecule has 3 aliphatic heterocycles. The number of nitrogens with zero attached hydrogens (tertiary/aromatic N) is 6. The highest BCUT2D eigenvalue weighted by Gasteiger charge is 2.50.